The maximum absolute atomic E-state index is 12.8. The van der Waals surface area contributed by atoms with Crippen molar-refractivity contribution < 1.29 is 28.2 Å². The summed E-state index contributed by atoms with van der Waals surface area (Å²) >= 11 is 0. The average molecular weight is 424 g/mol. The summed E-state index contributed by atoms with van der Waals surface area (Å²) in [6.45, 7) is 12.0. The van der Waals surface area contributed by atoms with Gasteiger partial charge >= 0.3 is 12.1 Å². The molecule has 1 N–H and O–H groups in total. The number of rotatable bonds is 6. The SMILES string of the molecule is CC(C)COC1C(Cc2ccco2)CCCC(NC(=O)OC(C)(C)C)C(=O)OC1C. The smallest absolute Gasteiger partial charge is 0.408 e. The first-order chi connectivity index (χ1) is 14.0. The number of nitrogens with one attached hydrogen (secondary N) is 1. The number of alkyl carbamates (subject to hydrolysis) is 1. The van der Waals surface area contributed by atoms with Crippen molar-refractivity contribution in [2.45, 2.75) is 91.1 Å². The van der Waals surface area contributed by atoms with Crippen molar-refractivity contribution >= 4 is 12.1 Å². The number of furan rings is 1. The third-order valence-corrected chi connectivity index (χ3v) is 4.94. The van der Waals surface area contributed by atoms with Crippen LogP contribution in [0.3, 0.4) is 0 Å². The molecule has 1 amide bonds. The van der Waals surface area contributed by atoms with Crippen LogP contribution in [0.25, 0.3) is 0 Å². The Labute approximate surface area is 179 Å². The molecular weight excluding hydrogens is 386 g/mol. The molecule has 0 aliphatic carbocycles. The molecule has 30 heavy (non-hydrogen) atoms. The van der Waals surface area contributed by atoms with E-state index in [0.717, 1.165) is 18.6 Å². The van der Waals surface area contributed by atoms with Crippen LogP contribution in [0.4, 0.5) is 4.79 Å². The highest BCUT2D eigenvalue weighted by molar-refractivity contribution is 5.81. The summed E-state index contributed by atoms with van der Waals surface area (Å²) in [5, 5.41) is 2.67. The molecule has 0 saturated carbocycles. The molecule has 1 aliphatic heterocycles. The van der Waals surface area contributed by atoms with Gasteiger partial charge in [0.05, 0.1) is 12.4 Å². The highest BCUT2D eigenvalue weighted by Crippen LogP contribution is 2.28. The second-order valence-electron chi connectivity index (χ2n) is 9.51. The lowest BCUT2D eigenvalue weighted by Gasteiger charge is -2.31. The number of esters is 1. The molecule has 1 saturated heterocycles. The van der Waals surface area contributed by atoms with Crippen molar-refractivity contribution in [3.8, 4) is 0 Å². The van der Waals surface area contributed by atoms with Crippen LogP contribution in [0.5, 0.6) is 0 Å². The van der Waals surface area contributed by atoms with E-state index in [-0.39, 0.29) is 12.0 Å². The normalized spacial score (nSPS) is 25.8. The predicted octanol–water partition coefficient (Wildman–Crippen LogP) is 4.49. The number of cyclic esters (lactones) is 1. The van der Waals surface area contributed by atoms with Crippen molar-refractivity contribution in [2.24, 2.45) is 11.8 Å². The first-order valence-electron chi connectivity index (χ1n) is 10.9. The van der Waals surface area contributed by atoms with Crippen LogP contribution in [0.2, 0.25) is 0 Å². The Morgan fingerprint density at radius 3 is 2.63 bits per heavy atom. The summed E-state index contributed by atoms with van der Waals surface area (Å²) in [6.07, 6.45) is 3.12. The standard InChI is InChI=1S/C23H37NO6/c1-15(2)14-28-20-16(3)29-21(25)19(24-22(26)30-23(4,5)6)11-7-9-17(20)13-18-10-8-12-27-18/h8,10,12,15-17,19-20H,7,9,11,13-14H2,1-6H3,(H,24,26). The molecule has 170 valence electrons. The molecule has 0 bridgehead atoms. The molecule has 7 nitrogen and oxygen atoms in total. The number of carbonyl (C=O) groups excluding carboxylic acids is 2. The van der Waals surface area contributed by atoms with Gasteiger partial charge in [-0.2, -0.15) is 0 Å². The van der Waals surface area contributed by atoms with Crippen LogP contribution < -0.4 is 5.32 Å². The van der Waals surface area contributed by atoms with E-state index < -0.39 is 29.8 Å². The maximum atomic E-state index is 12.8. The third-order valence-electron chi connectivity index (χ3n) is 4.94. The van der Waals surface area contributed by atoms with Gasteiger partial charge in [-0.3, -0.25) is 0 Å². The Hall–Kier alpha value is -2.02. The molecule has 0 radical (unpaired) electrons. The number of ether oxygens (including phenoxy) is 3. The molecule has 4 unspecified atom stereocenters. The van der Waals surface area contributed by atoms with Crippen LogP contribution in [0.1, 0.15) is 66.6 Å². The fourth-order valence-electron chi connectivity index (χ4n) is 3.64. The summed E-state index contributed by atoms with van der Waals surface area (Å²) in [5.74, 6) is 0.939. The van der Waals surface area contributed by atoms with Gasteiger partial charge in [-0.1, -0.05) is 20.3 Å². The number of amides is 1. The van der Waals surface area contributed by atoms with E-state index >= 15 is 0 Å². The molecule has 1 aromatic rings. The summed E-state index contributed by atoms with van der Waals surface area (Å²) in [6, 6.07) is 3.09. The zero-order valence-corrected chi connectivity index (χ0v) is 19.1. The van der Waals surface area contributed by atoms with Gasteiger partial charge in [-0.15, -0.1) is 0 Å². The Balaban J connectivity index is 2.13. The fraction of sp³-hybridized carbons (Fsp3) is 0.739. The van der Waals surface area contributed by atoms with Gasteiger partial charge in [0, 0.05) is 13.0 Å². The summed E-state index contributed by atoms with van der Waals surface area (Å²) in [5.41, 5.74) is -0.635. The Morgan fingerprint density at radius 1 is 1.30 bits per heavy atom. The number of hydrogen-bond acceptors (Lipinski definition) is 6. The molecule has 4 atom stereocenters. The van der Waals surface area contributed by atoms with Gasteiger partial charge in [0.1, 0.15) is 23.5 Å². The molecule has 1 aliphatic rings. The highest BCUT2D eigenvalue weighted by Gasteiger charge is 2.36. The zero-order chi connectivity index (χ0) is 22.3. The quantitative estimate of drug-likeness (QED) is 0.679. The van der Waals surface area contributed by atoms with E-state index in [1.807, 2.05) is 19.1 Å². The van der Waals surface area contributed by atoms with E-state index in [0.29, 0.717) is 25.4 Å². The highest BCUT2D eigenvalue weighted by atomic mass is 16.6. The third kappa shape index (κ3) is 8.01. The fourth-order valence-corrected chi connectivity index (χ4v) is 3.64. The molecule has 2 rings (SSSR count). The Kier molecular flexibility index (Phi) is 8.77. The Bertz CT molecular complexity index is 664. The first-order valence-corrected chi connectivity index (χ1v) is 10.9. The van der Waals surface area contributed by atoms with Crippen molar-refractivity contribution in [1.29, 1.82) is 0 Å². The maximum Gasteiger partial charge on any atom is 0.408 e. The van der Waals surface area contributed by atoms with E-state index in [2.05, 4.69) is 19.2 Å². The zero-order valence-electron chi connectivity index (χ0n) is 19.1. The second kappa shape index (κ2) is 10.8. The number of hydrogen-bond donors (Lipinski definition) is 1. The minimum absolute atomic E-state index is 0.137. The van der Waals surface area contributed by atoms with Crippen molar-refractivity contribution in [2.75, 3.05) is 6.61 Å². The monoisotopic (exact) mass is 423 g/mol. The summed E-state index contributed by atoms with van der Waals surface area (Å²) in [4.78, 5) is 24.9. The molecule has 0 aromatic carbocycles. The van der Waals surface area contributed by atoms with E-state index in [1.165, 1.54) is 0 Å². The Morgan fingerprint density at radius 2 is 2.03 bits per heavy atom. The molecule has 7 heteroatoms. The van der Waals surface area contributed by atoms with Crippen LogP contribution in [-0.2, 0) is 25.4 Å². The van der Waals surface area contributed by atoms with E-state index in [1.54, 1.807) is 27.0 Å². The van der Waals surface area contributed by atoms with Gasteiger partial charge in [-0.25, -0.2) is 9.59 Å². The molecule has 1 aromatic heterocycles. The molecule has 1 fully saturated rings. The van der Waals surface area contributed by atoms with Gasteiger partial charge in [0.25, 0.3) is 0 Å². The van der Waals surface area contributed by atoms with E-state index in [4.69, 9.17) is 18.6 Å². The van der Waals surface area contributed by atoms with E-state index in [9.17, 15) is 9.59 Å². The predicted molar refractivity (Wildman–Crippen MR) is 113 cm³/mol. The summed E-state index contributed by atoms with van der Waals surface area (Å²) in [7, 11) is 0. The topological polar surface area (TPSA) is 87.0 Å². The second-order valence-corrected chi connectivity index (χ2v) is 9.51. The van der Waals surface area contributed by atoms with Crippen LogP contribution in [0.15, 0.2) is 22.8 Å². The molecule has 0 spiro atoms. The van der Waals surface area contributed by atoms with Gasteiger partial charge < -0.3 is 23.9 Å². The first kappa shape index (κ1) is 24.3. The van der Waals surface area contributed by atoms with Crippen LogP contribution in [-0.4, -0.2) is 42.5 Å². The summed E-state index contributed by atoms with van der Waals surface area (Å²) < 4.78 is 22.8. The molecular formula is C23H37NO6. The van der Waals surface area contributed by atoms with Gasteiger partial charge in [0.2, 0.25) is 0 Å². The van der Waals surface area contributed by atoms with Crippen LogP contribution >= 0.6 is 0 Å². The molecule has 2 heterocycles. The van der Waals surface area contributed by atoms with Gasteiger partial charge in [0.15, 0.2) is 0 Å². The van der Waals surface area contributed by atoms with Crippen molar-refractivity contribution in [3.63, 3.8) is 0 Å². The minimum atomic E-state index is -0.740. The lowest BCUT2D eigenvalue weighted by molar-refractivity contribution is -0.161. The van der Waals surface area contributed by atoms with Crippen LogP contribution in [0, 0.1) is 11.8 Å². The van der Waals surface area contributed by atoms with Crippen molar-refractivity contribution in [3.05, 3.63) is 24.2 Å². The lowest BCUT2D eigenvalue weighted by Crippen LogP contribution is -2.46. The van der Waals surface area contributed by atoms with Crippen molar-refractivity contribution in [1.82, 2.24) is 5.32 Å². The average Bonchev–Trinajstić information content (AvgIpc) is 3.12. The number of carbonyl (C=O) groups is 2. The lowest BCUT2D eigenvalue weighted by atomic mass is 9.88. The largest absolute Gasteiger partial charge is 0.469 e. The van der Waals surface area contributed by atoms with Gasteiger partial charge in [-0.05, 0) is 64.5 Å². The minimum Gasteiger partial charge on any atom is -0.469 e.